The molecule has 1 aliphatic rings. The van der Waals surface area contributed by atoms with Gasteiger partial charge in [-0.1, -0.05) is 31.8 Å². The van der Waals surface area contributed by atoms with Gasteiger partial charge in [-0.15, -0.1) is 0 Å². The Balaban J connectivity index is 2.93. The number of carbonyl (C=O) groups excluding carboxylic acids is 1. The first-order valence-electron chi connectivity index (χ1n) is 7.87. The van der Waals surface area contributed by atoms with Crippen molar-refractivity contribution in [3.63, 3.8) is 0 Å². The highest BCUT2D eigenvalue weighted by Gasteiger charge is 2.43. The van der Waals surface area contributed by atoms with E-state index < -0.39 is 5.41 Å². The van der Waals surface area contributed by atoms with E-state index in [9.17, 15) is 4.79 Å². The number of methoxy groups -OCH3 is 1. The molecule has 0 spiro atoms. The van der Waals surface area contributed by atoms with Crippen LogP contribution < -0.4 is 11.1 Å². The Hall–Kier alpha value is -1.30. The van der Waals surface area contributed by atoms with E-state index in [1.807, 2.05) is 13.8 Å². The number of amides is 1. The minimum atomic E-state index is -0.918. The van der Waals surface area contributed by atoms with Gasteiger partial charge in [-0.3, -0.25) is 4.79 Å². The fourth-order valence-corrected chi connectivity index (χ4v) is 3.35. The van der Waals surface area contributed by atoms with Crippen LogP contribution in [0.3, 0.4) is 0 Å². The lowest BCUT2D eigenvalue weighted by atomic mass is 9.77. The molecule has 1 saturated carbocycles. The van der Waals surface area contributed by atoms with Crippen LogP contribution in [0.15, 0.2) is 5.16 Å². The van der Waals surface area contributed by atoms with Crippen LogP contribution in [0.4, 0.5) is 0 Å². The minimum absolute atomic E-state index is 0.00987. The predicted molar refractivity (Wildman–Crippen MR) is 82.2 cm³/mol. The molecule has 0 aliphatic heterocycles. The van der Waals surface area contributed by atoms with Gasteiger partial charge < -0.3 is 21.0 Å². The van der Waals surface area contributed by atoms with Gasteiger partial charge in [0.15, 0.2) is 5.84 Å². The standard InChI is InChI=1S/C15H29N3O3/c1-4-9-15(10-5-2,13(16)18-20)14(19)17-11-7-6-8-12(11)21-3/h11-12,20H,4-10H2,1-3H3,(H2,16,18)(H,17,19). The average Bonchev–Trinajstić information content (AvgIpc) is 2.93. The maximum Gasteiger partial charge on any atom is 0.234 e. The van der Waals surface area contributed by atoms with Crippen LogP contribution in [-0.4, -0.2) is 36.2 Å². The lowest BCUT2D eigenvalue weighted by Crippen LogP contribution is -2.53. The average molecular weight is 299 g/mol. The van der Waals surface area contributed by atoms with Gasteiger partial charge in [0, 0.05) is 7.11 Å². The highest BCUT2D eigenvalue weighted by molar-refractivity contribution is 6.06. The number of nitrogens with one attached hydrogen (secondary N) is 1. The van der Waals surface area contributed by atoms with Gasteiger partial charge in [0.1, 0.15) is 5.41 Å². The maximum absolute atomic E-state index is 12.8. The zero-order valence-electron chi connectivity index (χ0n) is 13.4. The largest absolute Gasteiger partial charge is 0.409 e. The number of carbonyl (C=O) groups is 1. The van der Waals surface area contributed by atoms with Gasteiger partial charge in [-0.25, -0.2) is 0 Å². The van der Waals surface area contributed by atoms with Crippen LogP contribution in [0, 0.1) is 5.41 Å². The van der Waals surface area contributed by atoms with Gasteiger partial charge in [-0.2, -0.15) is 0 Å². The quantitative estimate of drug-likeness (QED) is 0.276. The fraction of sp³-hybridized carbons (Fsp3) is 0.867. The van der Waals surface area contributed by atoms with E-state index in [1.54, 1.807) is 7.11 Å². The second-order valence-corrected chi connectivity index (χ2v) is 5.85. The highest BCUT2D eigenvalue weighted by Crippen LogP contribution is 2.32. The monoisotopic (exact) mass is 299 g/mol. The van der Waals surface area contributed by atoms with Crippen molar-refractivity contribution in [2.45, 2.75) is 70.9 Å². The topological polar surface area (TPSA) is 96.9 Å². The van der Waals surface area contributed by atoms with E-state index >= 15 is 0 Å². The summed E-state index contributed by atoms with van der Waals surface area (Å²) in [6.07, 6.45) is 5.71. The summed E-state index contributed by atoms with van der Waals surface area (Å²) in [5, 5.41) is 15.3. The van der Waals surface area contributed by atoms with E-state index in [1.165, 1.54) is 0 Å². The second kappa shape index (κ2) is 8.22. The van der Waals surface area contributed by atoms with Crippen LogP contribution in [0.25, 0.3) is 0 Å². The van der Waals surface area contributed by atoms with E-state index in [0.29, 0.717) is 12.8 Å². The lowest BCUT2D eigenvalue weighted by Gasteiger charge is -2.33. The van der Waals surface area contributed by atoms with E-state index in [-0.39, 0.29) is 23.9 Å². The summed E-state index contributed by atoms with van der Waals surface area (Å²) in [5.74, 6) is -0.133. The van der Waals surface area contributed by atoms with Crippen molar-refractivity contribution < 1.29 is 14.7 Å². The second-order valence-electron chi connectivity index (χ2n) is 5.85. The van der Waals surface area contributed by atoms with Crippen molar-refractivity contribution in [3.8, 4) is 0 Å². The molecule has 21 heavy (non-hydrogen) atoms. The number of nitrogens with two attached hydrogens (primary N) is 1. The molecule has 0 aromatic heterocycles. The molecule has 2 atom stereocenters. The zero-order chi connectivity index (χ0) is 15.9. The summed E-state index contributed by atoms with van der Waals surface area (Å²) in [4.78, 5) is 12.8. The number of rotatable bonds is 8. The van der Waals surface area contributed by atoms with Crippen LogP contribution in [-0.2, 0) is 9.53 Å². The summed E-state index contributed by atoms with van der Waals surface area (Å²) in [7, 11) is 1.67. The van der Waals surface area contributed by atoms with Crippen LogP contribution in [0.5, 0.6) is 0 Å². The third-order valence-corrected chi connectivity index (χ3v) is 4.46. The molecule has 0 saturated heterocycles. The van der Waals surface area contributed by atoms with Crippen molar-refractivity contribution in [2.24, 2.45) is 16.3 Å². The molecule has 6 heteroatoms. The Bertz CT molecular complexity index is 365. The third kappa shape index (κ3) is 3.87. The molecule has 2 unspecified atom stereocenters. The first kappa shape index (κ1) is 17.8. The molecule has 122 valence electrons. The Labute approximate surface area is 127 Å². The fourth-order valence-electron chi connectivity index (χ4n) is 3.35. The van der Waals surface area contributed by atoms with Crippen LogP contribution >= 0.6 is 0 Å². The molecule has 0 bridgehead atoms. The molecule has 1 amide bonds. The molecule has 1 rings (SSSR count). The molecule has 0 radical (unpaired) electrons. The van der Waals surface area contributed by atoms with Gasteiger partial charge in [0.05, 0.1) is 12.1 Å². The first-order valence-corrected chi connectivity index (χ1v) is 7.87. The summed E-state index contributed by atoms with van der Waals surface area (Å²) < 4.78 is 5.42. The molecule has 6 nitrogen and oxygen atoms in total. The van der Waals surface area contributed by atoms with Gasteiger partial charge in [-0.05, 0) is 32.1 Å². The minimum Gasteiger partial charge on any atom is -0.409 e. The molecule has 1 fully saturated rings. The smallest absolute Gasteiger partial charge is 0.234 e. The number of ether oxygens (including phenoxy) is 1. The predicted octanol–water partition coefficient (Wildman–Crippen LogP) is 2.00. The Morgan fingerprint density at radius 3 is 2.48 bits per heavy atom. The van der Waals surface area contributed by atoms with Gasteiger partial charge in [0.25, 0.3) is 0 Å². The van der Waals surface area contributed by atoms with Crippen LogP contribution in [0.2, 0.25) is 0 Å². The van der Waals surface area contributed by atoms with E-state index in [0.717, 1.165) is 32.1 Å². The Morgan fingerprint density at radius 1 is 1.38 bits per heavy atom. The summed E-state index contributed by atoms with van der Waals surface area (Å²) in [6, 6.07) is 0.0158. The maximum atomic E-state index is 12.8. The number of amidine groups is 1. The van der Waals surface area contributed by atoms with Crippen LogP contribution in [0.1, 0.15) is 58.8 Å². The molecule has 4 N–H and O–H groups in total. The highest BCUT2D eigenvalue weighted by atomic mass is 16.5. The molecular weight excluding hydrogens is 270 g/mol. The Morgan fingerprint density at radius 2 is 2.00 bits per heavy atom. The van der Waals surface area contributed by atoms with Crippen molar-refractivity contribution in [1.29, 1.82) is 0 Å². The van der Waals surface area contributed by atoms with Crippen molar-refractivity contribution in [1.82, 2.24) is 5.32 Å². The molecular formula is C15H29N3O3. The normalized spacial score (nSPS) is 23.3. The molecule has 0 heterocycles. The number of nitrogens with zero attached hydrogens (tertiary/aromatic N) is 1. The number of oxime groups is 1. The zero-order valence-corrected chi connectivity index (χ0v) is 13.4. The summed E-state index contributed by atoms with van der Waals surface area (Å²) >= 11 is 0. The van der Waals surface area contributed by atoms with Gasteiger partial charge in [0.2, 0.25) is 5.91 Å². The molecule has 0 aromatic rings. The van der Waals surface area contributed by atoms with Crippen molar-refractivity contribution in [3.05, 3.63) is 0 Å². The van der Waals surface area contributed by atoms with Gasteiger partial charge >= 0.3 is 0 Å². The molecule has 0 aromatic carbocycles. The first-order chi connectivity index (χ1) is 10.1. The molecule has 1 aliphatic carbocycles. The van der Waals surface area contributed by atoms with Crippen molar-refractivity contribution in [2.75, 3.05) is 7.11 Å². The SMILES string of the molecule is CCCC(CCC)(C(=O)NC1CCCC1OC)C(N)=NO. The lowest BCUT2D eigenvalue weighted by molar-refractivity contribution is -0.130. The summed E-state index contributed by atoms with van der Waals surface area (Å²) in [6.45, 7) is 3.99. The number of hydrogen-bond donors (Lipinski definition) is 3. The number of hydrogen-bond acceptors (Lipinski definition) is 4. The van der Waals surface area contributed by atoms with Crippen molar-refractivity contribution >= 4 is 11.7 Å². The summed E-state index contributed by atoms with van der Waals surface area (Å²) in [5.41, 5.74) is 4.96. The Kier molecular flexibility index (Phi) is 6.95. The van der Waals surface area contributed by atoms with E-state index in [4.69, 9.17) is 15.7 Å². The third-order valence-electron chi connectivity index (χ3n) is 4.46. The van der Waals surface area contributed by atoms with E-state index in [2.05, 4.69) is 10.5 Å².